The van der Waals surface area contributed by atoms with E-state index in [0.29, 0.717) is 28.6 Å². The van der Waals surface area contributed by atoms with Crippen molar-refractivity contribution in [3.63, 3.8) is 0 Å². The lowest BCUT2D eigenvalue weighted by molar-refractivity contribution is -0.128. The minimum atomic E-state index is -0.943. The van der Waals surface area contributed by atoms with Crippen molar-refractivity contribution in [2.45, 2.75) is 77.1 Å². The highest BCUT2D eigenvalue weighted by molar-refractivity contribution is 7.11. The monoisotopic (exact) mass is 514 g/mol. The molecule has 1 aromatic heterocycles. The molecule has 4 rings (SSSR count). The quantitative estimate of drug-likeness (QED) is 0.575. The third kappa shape index (κ3) is 5.62. The van der Waals surface area contributed by atoms with Gasteiger partial charge in [-0.2, -0.15) is 5.26 Å². The van der Waals surface area contributed by atoms with Crippen LogP contribution in [0.5, 0.6) is 5.19 Å². The first-order chi connectivity index (χ1) is 17.1. The molecule has 36 heavy (non-hydrogen) atoms. The molecule has 1 saturated heterocycles. The third-order valence-electron chi connectivity index (χ3n) is 6.45. The van der Waals surface area contributed by atoms with E-state index in [-0.39, 0.29) is 18.4 Å². The number of benzene rings is 1. The molecule has 8 nitrogen and oxygen atoms in total. The van der Waals surface area contributed by atoms with Crippen molar-refractivity contribution in [2.24, 2.45) is 5.92 Å². The van der Waals surface area contributed by atoms with Crippen molar-refractivity contribution >= 4 is 23.3 Å². The average Bonchev–Trinajstić information content (AvgIpc) is 3.55. The van der Waals surface area contributed by atoms with Crippen LogP contribution in [0.25, 0.3) is 11.3 Å². The molecule has 0 spiro atoms. The van der Waals surface area contributed by atoms with Crippen LogP contribution < -0.4 is 10.1 Å². The number of ether oxygens (including phenoxy) is 2. The molecule has 4 unspecified atom stereocenters. The Balaban J connectivity index is 1.44. The molecular formula is C26H31FN4O4S. The highest BCUT2D eigenvalue weighted by Crippen LogP contribution is 2.43. The second-order valence-corrected chi connectivity index (χ2v) is 11.0. The molecule has 2 aromatic rings. The first kappa shape index (κ1) is 25.9. The first-order valence-electron chi connectivity index (χ1n) is 12.2. The van der Waals surface area contributed by atoms with Crippen molar-refractivity contribution in [3.8, 4) is 22.5 Å². The number of nitrogens with zero attached hydrogens (tertiary/aromatic N) is 3. The van der Waals surface area contributed by atoms with E-state index >= 15 is 0 Å². The summed E-state index contributed by atoms with van der Waals surface area (Å²) in [5.74, 6) is -0.858. The Morgan fingerprint density at radius 1 is 1.36 bits per heavy atom. The topological polar surface area (TPSA) is 105 Å². The van der Waals surface area contributed by atoms with Gasteiger partial charge in [-0.25, -0.2) is 14.2 Å². The third-order valence-corrected chi connectivity index (χ3v) is 7.21. The molecule has 2 bridgehead atoms. The van der Waals surface area contributed by atoms with Gasteiger partial charge in [0.15, 0.2) is 0 Å². The number of piperidine rings is 1. The SMILES string of the molecule is CCOc1nc(-c2ccc(CC(C#N)NC(=O)C3C4CCC(C4)N3C(=O)OC(C)(C)C)c(F)c2)cs1. The normalized spacial score (nSPS) is 21.7. The van der Waals surface area contributed by atoms with Crippen LogP contribution in [-0.2, 0) is 16.0 Å². The summed E-state index contributed by atoms with van der Waals surface area (Å²) in [6.45, 7) is 7.72. The number of nitriles is 1. The predicted octanol–water partition coefficient (Wildman–Crippen LogP) is 4.69. The van der Waals surface area contributed by atoms with Gasteiger partial charge in [0.25, 0.3) is 5.19 Å². The molecule has 192 valence electrons. The first-order valence-corrected chi connectivity index (χ1v) is 13.1. The van der Waals surface area contributed by atoms with Crippen LogP contribution in [0.3, 0.4) is 0 Å². The fourth-order valence-electron chi connectivity index (χ4n) is 4.96. The van der Waals surface area contributed by atoms with Crippen LogP contribution in [0, 0.1) is 23.1 Å². The van der Waals surface area contributed by atoms with Crippen LogP contribution in [0.15, 0.2) is 23.6 Å². The summed E-state index contributed by atoms with van der Waals surface area (Å²) in [6, 6.07) is 5.10. The largest absolute Gasteiger partial charge is 0.470 e. The summed E-state index contributed by atoms with van der Waals surface area (Å²) in [6.07, 6.45) is 1.91. The number of thiazole rings is 1. The maximum Gasteiger partial charge on any atom is 0.411 e. The van der Waals surface area contributed by atoms with Gasteiger partial charge >= 0.3 is 6.09 Å². The molecule has 10 heteroatoms. The number of aromatic nitrogens is 1. The van der Waals surface area contributed by atoms with E-state index < -0.39 is 35.5 Å². The van der Waals surface area contributed by atoms with Crippen LogP contribution in [0.1, 0.15) is 52.5 Å². The molecule has 4 atom stereocenters. The average molecular weight is 515 g/mol. The maximum absolute atomic E-state index is 14.9. The Kier molecular flexibility index (Phi) is 7.50. The number of amides is 2. The number of carbonyl (C=O) groups is 2. The van der Waals surface area contributed by atoms with E-state index in [2.05, 4.69) is 16.4 Å². The number of likely N-dealkylation sites (tertiary alicyclic amines) is 1. The fraction of sp³-hybridized carbons (Fsp3) is 0.538. The minimum Gasteiger partial charge on any atom is -0.470 e. The second kappa shape index (κ2) is 10.4. The van der Waals surface area contributed by atoms with Crippen molar-refractivity contribution in [2.75, 3.05) is 6.61 Å². The molecule has 1 aliphatic heterocycles. The van der Waals surface area contributed by atoms with Gasteiger partial charge in [0.2, 0.25) is 5.91 Å². The van der Waals surface area contributed by atoms with Crippen molar-refractivity contribution in [1.29, 1.82) is 5.26 Å². The van der Waals surface area contributed by atoms with E-state index in [9.17, 15) is 19.2 Å². The van der Waals surface area contributed by atoms with Gasteiger partial charge in [0, 0.05) is 23.4 Å². The predicted molar refractivity (Wildman–Crippen MR) is 133 cm³/mol. The highest BCUT2D eigenvalue weighted by atomic mass is 32.1. The summed E-state index contributed by atoms with van der Waals surface area (Å²) in [5.41, 5.74) is 0.841. The maximum atomic E-state index is 14.9. The molecule has 1 saturated carbocycles. The summed E-state index contributed by atoms with van der Waals surface area (Å²) < 4.78 is 25.8. The fourth-order valence-corrected chi connectivity index (χ4v) is 5.70. The lowest BCUT2D eigenvalue weighted by Crippen LogP contribution is -2.55. The van der Waals surface area contributed by atoms with E-state index in [4.69, 9.17) is 9.47 Å². The molecule has 1 N–H and O–H groups in total. The van der Waals surface area contributed by atoms with Crippen LogP contribution in [0.4, 0.5) is 9.18 Å². The molecule has 1 aromatic carbocycles. The molecular weight excluding hydrogens is 483 g/mol. The van der Waals surface area contributed by atoms with Gasteiger partial charge < -0.3 is 14.8 Å². The van der Waals surface area contributed by atoms with E-state index in [1.165, 1.54) is 22.3 Å². The van der Waals surface area contributed by atoms with Crippen molar-refractivity contribution in [1.82, 2.24) is 15.2 Å². The number of nitrogens with one attached hydrogen (secondary N) is 1. The van der Waals surface area contributed by atoms with Gasteiger partial charge in [-0.1, -0.05) is 23.5 Å². The van der Waals surface area contributed by atoms with Crippen LogP contribution >= 0.6 is 11.3 Å². The summed E-state index contributed by atoms with van der Waals surface area (Å²) in [4.78, 5) is 31.9. The molecule has 2 amide bonds. The Morgan fingerprint density at radius 2 is 2.14 bits per heavy atom. The Labute approximate surface area is 214 Å². The summed E-state index contributed by atoms with van der Waals surface area (Å²) in [7, 11) is 0. The highest BCUT2D eigenvalue weighted by Gasteiger charge is 2.52. The van der Waals surface area contributed by atoms with E-state index in [1.807, 2.05) is 6.92 Å². The zero-order chi connectivity index (χ0) is 26.0. The van der Waals surface area contributed by atoms with Crippen LogP contribution in [0.2, 0.25) is 0 Å². The standard InChI is InChI=1S/C26H31FN4O4S/c1-5-34-24-30-21(14-36-24)16-7-6-15(20(27)12-16)10-18(13-28)29-23(32)22-17-8-9-19(11-17)31(22)25(33)35-26(2,3)4/h6-7,12,14,17-19,22H,5,8-11H2,1-4H3,(H,29,32). The summed E-state index contributed by atoms with van der Waals surface area (Å²) >= 11 is 1.34. The Hall–Kier alpha value is -3.19. The summed E-state index contributed by atoms with van der Waals surface area (Å²) in [5, 5.41) is 14.8. The second-order valence-electron chi connectivity index (χ2n) is 10.2. The smallest absolute Gasteiger partial charge is 0.411 e. The lowest BCUT2D eigenvalue weighted by atomic mass is 9.97. The molecule has 2 fully saturated rings. The number of hydrogen-bond donors (Lipinski definition) is 1. The van der Waals surface area contributed by atoms with E-state index in [1.54, 1.807) is 38.3 Å². The number of hydrogen-bond acceptors (Lipinski definition) is 7. The lowest BCUT2D eigenvalue weighted by Gasteiger charge is -2.35. The number of rotatable bonds is 7. The Bertz CT molecular complexity index is 1170. The van der Waals surface area contributed by atoms with Crippen LogP contribution in [-0.4, -0.2) is 52.2 Å². The van der Waals surface area contributed by atoms with Crippen molar-refractivity contribution in [3.05, 3.63) is 35.0 Å². The molecule has 2 aliphatic rings. The Morgan fingerprint density at radius 3 is 2.81 bits per heavy atom. The zero-order valence-corrected chi connectivity index (χ0v) is 21.7. The molecule has 0 radical (unpaired) electrons. The van der Waals surface area contributed by atoms with Gasteiger partial charge in [0.05, 0.1) is 18.4 Å². The number of carbonyl (C=O) groups excluding carboxylic acids is 2. The minimum absolute atomic E-state index is 0.00284. The zero-order valence-electron chi connectivity index (χ0n) is 20.9. The van der Waals surface area contributed by atoms with Gasteiger partial charge in [0.1, 0.15) is 23.5 Å². The van der Waals surface area contributed by atoms with Crippen molar-refractivity contribution < 1.29 is 23.5 Å². The number of halogens is 1. The van der Waals surface area contributed by atoms with Gasteiger partial charge in [-0.3, -0.25) is 9.69 Å². The van der Waals surface area contributed by atoms with Gasteiger partial charge in [-0.15, -0.1) is 0 Å². The molecule has 1 aliphatic carbocycles. The molecule has 2 heterocycles. The van der Waals surface area contributed by atoms with E-state index in [0.717, 1.165) is 19.3 Å². The number of fused-ring (bicyclic) bond motifs is 2. The van der Waals surface area contributed by atoms with Gasteiger partial charge in [-0.05, 0) is 64.5 Å².